The number of carbonyl (C=O) groups is 2. The molecule has 1 amide bonds. The van der Waals surface area contributed by atoms with E-state index in [0.717, 1.165) is 0 Å². The van der Waals surface area contributed by atoms with Crippen molar-refractivity contribution in [3.05, 3.63) is 24.3 Å². The monoisotopic (exact) mass is 323 g/mol. The van der Waals surface area contributed by atoms with E-state index in [1.807, 2.05) is 31.2 Å². The minimum Gasteiger partial charge on any atom is -0.490 e. The van der Waals surface area contributed by atoms with Gasteiger partial charge in [0.25, 0.3) is 0 Å². The summed E-state index contributed by atoms with van der Waals surface area (Å²) in [5.41, 5.74) is 0. The fourth-order valence-corrected chi connectivity index (χ4v) is 2.02. The number of benzene rings is 1. The van der Waals surface area contributed by atoms with Crippen LogP contribution in [-0.4, -0.2) is 36.2 Å². The Balaban J connectivity index is 2.37. The molecule has 23 heavy (non-hydrogen) atoms. The molecule has 6 nitrogen and oxygen atoms in total. The molecule has 0 spiro atoms. The molecular formula is C17H25NO5. The summed E-state index contributed by atoms with van der Waals surface area (Å²) in [4.78, 5) is 22.8. The highest BCUT2D eigenvalue weighted by Gasteiger charge is 2.22. The summed E-state index contributed by atoms with van der Waals surface area (Å²) in [7, 11) is 0. The van der Waals surface area contributed by atoms with E-state index in [4.69, 9.17) is 14.6 Å². The van der Waals surface area contributed by atoms with Gasteiger partial charge in [-0.2, -0.15) is 0 Å². The second kappa shape index (κ2) is 9.71. The van der Waals surface area contributed by atoms with Crippen molar-refractivity contribution in [2.75, 3.05) is 13.2 Å². The zero-order chi connectivity index (χ0) is 17.2. The van der Waals surface area contributed by atoms with E-state index in [1.165, 1.54) is 0 Å². The number of nitrogens with one attached hydrogen (secondary N) is 1. The first kappa shape index (κ1) is 18.8. The van der Waals surface area contributed by atoms with Crippen molar-refractivity contribution in [1.29, 1.82) is 0 Å². The zero-order valence-corrected chi connectivity index (χ0v) is 13.9. The van der Waals surface area contributed by atoms with Crippen molar-refractivity contribution in [3.8, 4) is 11.5 Å². The third-order valence-electron chi connectivity index (χ3n) is 3.20. The van der Waals surface area contributed by atoms with E-state index in [2.05, 4.69) is 5.32 Å². The minimum absolute atomic E-state index is 0.161. The van der Waals surface area contributed by atoms with E-state index in [9.17, 15) is 9.59 Å². The Bertz CT molecular complexity index is 515. The number of carboxylic acid groups (broad SMARTS) is 1. The molecule has 1 aromatic carbocycles. The average molecular weight is 323 g/mol. The normalized spacial score (nSPS) is 11.8. The molecule has 0 aliphatic heterocycles. The molecule has 0 aromatic heterocycles. The van der Waals surface area contributed by atoms with Gasteiger partial charge in [-0.05, 0) is 31.4 Å². The van der Waals surface area contributed by atoms with Crippen molar-refractivity contribution < 1.29 is 24.2 Å². The molecule has 0 heterocycles. The molecule has 0 saturated heterocycles. The van der Waals surface area contributed by atoms with Crippen molar-refractivity contribution in [2.45, 2.75) is 39.7 Å². The van der Waals surface area contributed by atoms with Crippen molar-refractivity contribution in [3.63, 3.8) is 0 Å². The van der Waals surface area contributed by atoms with Crippen LogP contribution in [0.1, 0.15) is 33.6 Å². The lowest BCUT2D eigenvalue weighted by atomic mass is 10.0. The van der Waals surface area contributed by atoms with Crippen LogP contribution in [-0.2, 0) is 9.59 Å². The van der Waals surface area contributed by atoms with Crippen LogP contribution < -0.4 is 14.8 Å². The van der Waals surface area contributed by atoms with Gasteiger partial charge in [0.2, 0.25) is 5.91 Å². The molecular weight excluding hydrogens is 298 g/mol. The zero-order valence-electron chi connectivity index (χ0n) is 13.9. The predicted octanol–water partition coefficient (Wildman–Crippen LogP) is 2.47. The van der Waals surface area contributed by atoms with E-state index < -0.39 is 12.0 Å². The number of hydrogen-bond donors (Lipinski definition) is 2. The molecule has 0 unspecified atom stereocenters. The summed E-state index contributed by atoms with van der Waals surface area (Å²) >= 11 is 0. The lowest BCUT2D eigenvalue weighted by Gasteiger charge is -2.18. The molecule has 0 aliphatic carbocycles. The Labute approximate surface area is 136 Å². The van der Waals surface area contributed by atoms with Gasteiger partial charge in [0, 0.05) is 6.42 Å². The van der Waals surface area contributed by atoms with Crippen molar-refractivity contribution in [2.24, 2.45) is 5.92 Å². The lowest BCUT2D eigenvalue weighted by Crippen LogP contribution is -2.44. The van der Waals surface area contributed by atoms with Crippen LogP contribution in [0.2, 0.25) is 0 Å². The molecule has 128 valence electrons. The molecule has 1 aromatic rings. The van der Waals surface area contributed by atoms with Crippen LogP contribution in [0.3, 0.4) is 0 Å². The Kier molecular flexibility index (Phi) is 7.94. The Morgan fingerprint density at radius 2 is 1.78 bits per heavy atom. The first-order valence-electron chi connectivity index (χ1n) is 7.82. The first-order valence-corrected chi connectivity index (χ1v) is 7.82. The fraction of sp³-hybridized carbons (Fsp3) is 0.529. The SMILES string of the molecule is CCOc1ccccc1OCCCC(=O)N[C@H](C(=O)O)C(C)C. The summed E-state index contributed by atoms with van der Waals surface area (Å²) in [6, 6.07) is 6.49. The standard InChI is InChI=1S/C17H25NO5/c1-4-22-13-8-5-6-9-14(13)23-11-7-10-15(19)18-16(12(2)3)17(20)21/h5-6,8-9,12,16H,4,7,10-11H2,1-3H3,(H,18,19)(H,20,21)/t16-/m0/s1. The van der Waals surface area contributed by atoms with Gasteiger partial charge in [0.1, 0.15) is 6.04 Å². The topological polar surface area (TPSA) is 84.9 Å². The van der Waals surface area contributed by atoms with E-state index in [-0.39, 0.29) is 18.2 Å². The number of para-hydroxylation sites is 2. The summed E-state index contributed by atoms with van der Waals surface area (Å²) < 4.78 is 11.1. The molecule has 0 aliphatic rings. The van der Waals surface area contributed by atoms with E-state index in [0.29, 0.717) is 31.1 Å². The average Bonchev–Trinajstić information content (AvgIpc) is 2.50. The molecule has 1 rings (SSSR count). The number of carbonyl (C=O) groups excluding carboxylic acids is 1. The molecule has 0 bridgehead atoms. The smallest absolute Gasteiger partial charge is 0.326 e. The van der Waals surface area contributed by atoms with Crippen LogP contribution in [0.5, 0.6) is 11.5 Å². The first-order chi connectivity index (χ1) is 11.0. The summed E-state index contributed by atoms with van der Waals surface area (Å²) in [6.07, 6.45) is 0.712. The third-order valence-corrected chi connectivity index (χ3v) is 3.20. The fourth-order valence-electron chi connectivity index (χ4n) is 2.02. The molecule has 2 N–H and O–H groups in total. The maximum absolute atomic E-state index is 11.8. The third kappa shape index (κ3) is 6.59. The molecule has 6 heteroatoms. The Morgan fingerprint density at radius 1 is 1.17 bits per heavy atom. The van der Waals surface area contributed by atoms with Crippen LogP contribution in [0, 0.1) is 5.92 Å². The second-order valence-electron chi connectivity index (χ2n) is 5.46. The number of rotatable bonds is 10. The minimum atomic E-state index is -1.02. The lowest BCUT2D eigenvalue weighted by molar-refractivity contribution is -0.143. The molecule has 0 radical (unpaired) electrons. The van der Waals surface area contributed by atoms with Gasteiger partial charge < -0.3 is 19.9 Å². The van der Waals surface area contributed by atoms with Gasteiger partial charge in [-0.25, -0.2) is 4.79 Å². The highest BCUT2D eigenvalue weighted by molar-refractivity contribution is 5.83. The maximum Gasteiger partial charge on any atom is 0.326 e. The number of carboxylic acids is 1. The van der Waals surface area contributed by atoms with Crippen molar-refractivity contribution >= 4 is 11.9 Å². The maximum atomic E-state index is 11.8. The molecule has 0 fully saturated rings. The van der Waals surface area contributed by atoms with E-state index >= 15 is 0 Å². The van der Waals surface area contributed by atoms with Crippen LogP contribution in [0.15, 0.2) is 24.3 Å². The van der Waals surface area contributed by atoms with Crippen molar-refractivity contribution in [1.82, 2.24) is 5.32 Å². The highest BCUT2D eigenvalue weighted by atomic mass is 16.5. The predicted molar refractivity (Wildman–Crippen MR) is 86.7 cm³/mol. The molecule has 0 saturated carbocycles. The summed E-state index contributed by atoms with van der Waals surface area (Å²) in [5, 5.41) is 11.6. The van der Waals surface area contributed by atoms with Crippen LogP contribution in [0.25, 0.3) is 0 Å². The van der Waals surface area contributed by atoms with Gasteiger partial charge in [-0.3, -0.25) is 4.79 Å². The van der Waals surface area contributed by atoms with Gasteiger partial charge in [0.15, 0.2) is 11.5 Å². The van der Waals surface area contributed by atoms with Gasteiger partial charge in [-0.1, -0.05) is 26.0 Å². The number of amides is 1. The van der Waals surface area contributed by atoms with Gasteiger partial charge >= 0.3 is 5.97 Å². The Hall–Kier alpha value is -2.24. The van der Waals surface area contributed by atoms with Crippen LogP contribution in [0.4, 0.5) is 0 Å². The Morgan fingerprint density at radius 3 is 2.30 bits per heavy atom. The number of hydrogen-bond acceptors (Lipinski definition) is 4. The number of aliphatic carboxylic acids is 1. The summed E-state index contributed by atoms with van der Waals surface area (Å²) in [6.45, 7) is 6.32. The summed E-state index contributed by atoms with van der Waals surface area (Å²) in [5.74, 6) is -0.153. The van der Waals surface area contributed by atoms with Crippen LogP contribution >= 0.6 is 0 Å². The van der Waals surface area contributed by atoms with E-state index in [1.54, 1.807) is 13.8 Å². The van der Waals surface area contributed by atoms with Gasteiger partial charge in [0.05, 0.1) is 13.2 Å². The van der Waals surface area contributed by atoms with Gasteiger partial charge in [-0.15, -0.1) is 0 Å². The number of ether oxygens (including phenoxy) is 2. The highest BCUT2D eigenvalue weighted by Crippen LogP contribution is 2.26. The second-order valence-corrected chi connectivity index (χ2v) is 5.46. The largest absolute Gasteiger partial charge is 0.490 e. The quantitative estimate of drug-likeness (QED) is 0.646. The molecule has 1 atom stereocenters.